The van der Waals surface area contributed by atoms with E-state index in [4.69, 9.17) is 9.47 Å². The summed E-state index contributed by atoms with van der Waals surface area (Å²) in [6.45, 7) is 3.09. The number of hydrogen-bond donors (Lipinski definition) is 0. The lowest BCUT2D eigenvalue weighted by Gasteiger charge is -2.33. The van der Waals surface area contributed by atoms with Crippen molar-refractivity contribution in [3.05, 3.63) is 0 Å². The minimum absolute atomic E-state index is 0.154. The van der Waals surface area contributed by atoms with E-state index >= 15 is 0 Å². The standard InChI is InChI=1S/C10H18O2/c1-2-9-5-7-10(12-9)6-3-4-8-11-10/h9H,2-8H2,1H3/t9-,10-/m1/s1. The van der Waals surface area contributed by atoms with Gasteiger partial charge in [0.2, 0.25) is 0 Å². The molecular formula is C10H18O2. The molecule has 0 aliphatic carbocycles. The minimum Gasteiger partial charge on any atom is -0.350 e. The molecule has 0 amide bonds. The first-order valence-corrected chi connectivity index (χ1v) is 5.16. The molecule has 0 aromatic heterocycles. The molecule has 0 radical (unpaired) electrons. The fourth-order valence-electron chi connectivity index (χ4n) is 2.21. The van der Waals surface area contributed by atoms with Gasteiger partial charge >= 0.3 is 0 Å². The first-order chi connectivity index (χ1) is 5.85. The van der Waals surface area contributed by atoms with E-state index < -0.39 is 0 Å². The molecule has 2 atom stereocenters. The van der Waals surface area contributed by atoms with Crippen LogP contribution in [-0.2, 0) is 9.47 Å². The molecule has 70 valence electrons. The fourth-order valence-corrected chi connectivity index (χ4v) is 2.21. The van der Waals surface area contributed by atoms with Gasteiger partial charge in [0.1, 0.15) is 0 Å². The molecule has 2 aliphatic heterocycles. The lowest BCUT2D eigenvalue weighted by Crippen LogP contribution is -2.36. The normalized spacial score (nSPS) is 42.2. The summed E-state index contributed by atoms with van der Waals surface area (Å²) < 4.78 is 11.7. The molecule has 0 bridgehead atoms. The maximum atomic E-state index is 5.92. The molecule has 0 saturated carbocycles. The van der Waals surface area contributed by atoms with Crippen LogP contribution in [0.4, 0.5) is 0 Å². The summed E-state index contributed by atoms with van der Waals surface area (Å²) in [7, 11) is 0. The molecule has 0 aromatic carbocycles. The Hall–Kier alpha value is -0.0800. The smallest absolute Gasteiger partial charge is 0.168 e. The van der Waals surface area contributed by atoms with Gasteiger partial charge in [0.25, 0.3) is 0 Å². The maximum absolute atomic E-state index is 5.92. The van der Waals surface area contributed by atoms with Gasteiger partial charge in [0, 0.05) is 12.8 Å². The van der Waals surface area contributed by atoms with Gasteiger partial charge in [0.05, 0.1) is 12.7 Å². The lowest BCUT2D eigenvalue weighted by molar-refractivity contribution is -0.244. The Bertz CT molecular complexity index is 150. The van der Waals surface area contributed by atoms with E-state index in [0.29, 0.717) is 6.10 Å². The third-order valence-electron chi connectivity index (χ3n) is 3.00. The Morgan fingerprint density at radius 2 is 2.25 bits per heavy atom. The van der Waals surface area contributed by atoms with Crippen LogP contribution in [0.5, 0.6) is 0 Å². The Kier molecular flexibility index (Phi) is 2.37. The molecule has 2 aliphatic rings. The average molecular weight is 170 g/mol. The summed E-state index contributed by atoms with van der Waals surface area (Å²) in [6.07, 6.45) is 7.50. The lowest BCUT2D eigenvalue weighted by atomic mass is 10.0. The van der Waals surface area contributed by atoms with E-state index in [1.165, 1.54) is 19.3 Å². The Morgan fingerprint density at radius 1 is 1.33 bits per heavy atom. The monoisotopic (exact) mass is 170 g/mol. The Labute approximate surface area is 74.2 Å². The molecule has 2 heterocycles. The second kappa shape index (κ2) is 3.35. The molecule has 2 saturated heterocycles. The summed E-state index contributed by atoms with van der Waals surface area (Å²) >= 11 is 0. The highest BCUT2D eigenvalue weighted by Crippen LogP contribution is 2.39. The third kappa shape index (κ3) is 1.50. The maximum Gasteiger partial charge on any atom is 0.168 e. The minimum atomic E-state index is -0.154. The van der Waals surface area contributed by atoms with Gasteiger partial charge in [-0.05, 0) is 25.7 Å². The number of ether oxygens (including phenoxy) is 2. The van der Waals surface area contributed by atoms with Crippen molar-refractivity contribution in [2.45, 2.75) is 57.3 Å². The number of rotatable bonds is 1. The second-order valence-electron chi connectivity index (χ2n) is 3.90. The van der Waals surface area contributed by atoms with Crippen LogP contribution in [0.2, 0.25) is 0 Å². The average Bonchev–Trinajstić information content (AvgIpc) is 2.50. The predicted octanol–water partition coefficient (Wildman–Crippen LogP) is 2.47. The zero-order chi connectivity index (χ0) is 8.44. The van der Waals surface area contributed by atoms with E-state index in [9.17, 15) is 0 Å². The van der Waals surface area contributed by atoms with Gasteiger partial charge in [-0.1, -0.05) is 6.92 Å². The molecule has 1 spiro atoms. The molecular weight excluding hydrogens is 152 g/mol. The van der Waals surface area contributed by atoms with Crippen LogP contribution in [0.1, 0.15) is 45.4 Å². The van der Waals surface area contributed by atoms with Crippen molar-refractivity contribution in [1.82, 2.24) is 0 Å². The zero-order valence-corrected chi connectivity index (χ0v) is 7.84. The van der Waals surface area contributed by atoms with E-state index in [2.05, 4.69) is 6.92 Å². The first kappa shape index (κ1) is 8.52. The summed E-state index contributed by atoms with van der Waals surface area (Å²) in [4.78, 5) is 0. The van der Waals surface area contributed by atoms with Crippen LogP contribution in [0.15, 0.2) is 0 Å². The van der Waals surface area contributed by atoms with E-state index in [-0.39, 0.29) is 5.79 Å². The van der Waals surface area contributed by atoms with Crippen LogP contribution in [0.25, 0.3) is 0 Å². The van der Waals surface area contributed by atoms with Gasteiger partial charge in [0.15, 0.2) is 5.79 Å². The van der Waals surface area contributed by atoms with Gasteiger partial charge in [-0.25, -0.2) is 0 Å². The van der Waals surface area contributed by atoms with Crippen LogP contribution < -0.4 is 0 Å². The topological polar surface area (TPSA) is 18.5 Å². The van der Waals surface area contributed by atoms with Crippen molar-refractivity contribution in [3.8, 4) is 0 Å². The molecule has 2 heteroatoms. The first-order valence-electron chi connectivity index (χ1n) is 5.16. The zero-order valence-electron chi connectivity index (χ0n) is 7.84. The number of hydrogen-bond acceptors (Lipinski definition) is 2. The van der Waals surface area contributed by atoms with Crippen molar-refractivity contribution < 1.29 is 9.47 Å². The second-order valence-corrected chi connectivity index (χ2v) is 3.90. The Balaban J connectivity index is 1.94. The molecule has 2 rings (SSSR count). The van der Waals surface area contributed by atoms with Gasteiger partial charge in [-0.15, -0.1) is 0 Å². The van der Waals surface area contributed by atoms with E-state index in [1.807, 2.05) is 0 Å². The van der Waals surface area contributed by atoms with Crippen LogP contribution in [0.3, 0.4) is 0 Å². The van der Waals surface area contributed by atoms with Crippen molar-refractivity contribution >= 4 is 0 Å². The molecule has 2 fully saturated rings. The molecule has 0 aromatic rings. The highest BCUT2D eigenvalue weighted by Gasteiger charge is 2.41. The predicted molar refractivity (Wildman–Crippen MR) is 46.9 cm³/mol. The summed E-state index contributed by atoms with van der Waals surface area (Å²) in [5.41, 5.74) is 0. The van der Waals surface area contributed by atoms with Crippen molar-refractivity contribution in [3.63, 3.8) is 0 Å². The van der Waals surface area contributed by atoms with Crippen molar-refractivity contribution in [2.75, 3.05) is 6.61 Å². The highest BCUT2D eigenvalue weighted by atomic mass is 16.7. The van der Waals surface area contributed by atoms with Crippen LogP contribution in [0, 0.1) is 0 Å². The molecule has 0 unspecified atom stereocenters. The molecule has 0 N–H and O–H groups in total. The van der Waals surface area contributed by atoms with E-state index in [1.54, 1.807) is 0 Å². The van der Waals surface area contributed by atoms with Crippen LogP contribution in [-0.4, -0.2) is 18.5 Å². The van der Waals surface area contributed by atoms with Gasteiger partial charge in [-0.2, -0.15) is 0 Å². The van der Waals surface area contributed by atoms with E-state index in [0.717, 1.165) is 25.9 Å². The largest absolute Gasteiger partial charge is 0.350 e. The fraction of sp³-hybridized carbons (Fsp3) is 1.00. The summed E-state index contributed by atoms with van der Waals surface area (Å²) in [6, 6.07) is 0. The SMILES string of the molecule is CC[C@@H]1CC[C@@]2(CCCCO2)O1. The summed E-state index contributed by atoms with van der Waals surface area (Å²) in [5, 5.41) is 0. The van der Waals surface area contributed by atoms with Crippen molar-refractivity contribution in [2.24, 2.45) is 0 Å². The van der Waals surface area contributed by atoms with Gasteiger partial charge in [-0.3, -0.25) is 0 Å². The molecule has 12 heavy (non-hydrogen) atoms. The quantitative estimate of drug-likeness (QED) is 0.602. The summed E-state index contributed by atoms with van der Waals surface area (Å²) in [5.74, 6) is -0.154. The highest BCUT2D eigenvalue weighted by molar-refractivity contribution is 4.82. The molecule has 2 nitrogen and oxygen atoms in total. The van der Waals surface area contributed by atoms with Crippen molar-refractivity contribution in [1.29, 1.82) is 0 Å². The van der Waals surface area contributed by atoms with Gasteiger partial charge < -0.3 is 9.47 Å². The Morgan fingerprint density at radius 3 is 2.83 bits per heavy atom. The van der Waals surface area contributed by atoms with Crippen LogP contribution >= 0.6 is 0 Å². The third-order valence-corrected chi connectivity index (χ3v) is 3.00.